The number of nitrogen functional groups attached to an aromatic ring is 1. The molecule has 8 nitrogen and oxygen atoms in total. The smallest absolute Gasteiger partial charge is 0.313 e. The van der Waals surface area contributed by atoms with Gasteiger partial charge < -0.3 is 30.6 Å². The van der Waals surface area contributed by atoms with Crippen molar-refractivity contribution in [1.82, 2.24) is 10.2 Å². The van der Waals surface area contributed by atoms with Crippen LogP contribution in [0.25, 0.3) is 11.3 Å². The van der Waals surface area contributed by atoms with Crippen molar-refractivity contribution in [3.8, 4) is 11.5 Å². The number of hydrogen-bond acceptors (Lipinski definition) is 8. The summed E-state index contributed by atoms with van der Waals surface area (Å²) in [4.78, 5) is 0. The van der Waals surface area contributed by atoms with E-state index in [0.717, 1.165) is 6.07 Å². The summed E-state index contributed by atoms with van der Waals surface area (Å²) in [5, 5.41) is 46.0. The molecule has 1 heterocycles. The third-order valence-electron chi connectivity index (χ3n) is 3.67. The zero-order chi connectivity index (χ0) is 18.1. The number of phenolic OH excluding ortho intramolecular Hbond substituents is 2. The summed E-state index contributed by atoms with van der Waals surface area (Å²) in [6.07, 6.45) is 4.32. The second-order valence-corrected chi connectivity index (χ2v) is 5.41. The highest BCUT2D eigenvalue weighted by Crippen LogP contribution is 2.36. The highest BCUT2D eigenvalue weighted by atomic mass is 19.1. The molecule has 2 aromatic rings. The first-order valence-corrected chi connectivity index (χ1v) is 7.17. The Balaban J connectivity index is 1.99. The lowest BCUT2D eigenvalue weighted by Gasteiger charge is -2.18. The fourth-order valence-corrected chi connectivity index (χ4v) is 2.47. The Morgan fingerprint density at radius 3 is 2.60 bits per heavy atom. The number of halogens is 1. The topological polar surface area (TPSA) is 146 Å². The number of benzene rings is 1. The van der Waals surface area contributed by atoms with Gasteiger partial charge >= 0.3 is 6.01 Å². The molecular weight excluding hydrogens is 333 g/mol. The predicted octanol–water partition coefficient (Wildman–Crippen LogP) is 2.65. The van der Waals surface area contributed by atoms with E-state index in [-0.39, 0.29) is 29.6 Å². The van der Waals surface area contributed by atoms with E-state index in [2.05, 4.69) is 10.2 Å². The van der Waals surface area contributed by atoms with Crippen molar-refractivity contribution in [3.63, 3.8) is 0 Å². The molecule has 1 aliphatic rings. The summed E-state index contributed by atoms with van der Waals surface area (Å²) in [5.74, 6) is -3.11. The van der Waals surface area contributed by atoms with Gasteiger partial charge in [0.05, 0.1) is 11.3 Å². The van der Waals surface area contributed by atoms with Gasteiger partial charge in [-0.2, -0.15) is 0 Å². The van der Waals surface area contributed by atoms with Crippen LogP contribution in [0.3, 0.4) is 0 Å². The van der Waals surface area contributed by atoms with Gasteiger partial charge in [-0.1, -0.05) is 5.10 Å². The molecule has 3 rings (SSSR count). The number of aliphatic hydroxyl groups excluding tert-OH is 2. The van der Waals surface area contributed by atoms with Gasteiger partial charge in [-0.05, 0) is 24.3 Å². The molecule has 0 amide bonds. The van der Waals surface area contributed by atoms with Gasteiger partial charge in [0, 0.05) is 24.0 Å². The molecule has 0 spiro atoms. The minimum absolute atomic E-state index is 0.0410. The second kappa shape index (κ2) is 6.19. The Labute approximate surface area is 140 Å². The van der Waals surface area contributed by atoms with Crippen LogP contribution < -0.4 is 5.73 Å². The number of phenols is 2. The lowest BCUT2D eigenvalue weighted by atomic mass is 9.89. The van der Waals surface area contributed by atoms with Gasteiger partial charge in [0.2, 0.25) is 5.89 Å². The average molecular weight is 347 g/mol. The molecule has 25 heavy (non-hydrogen) atoms. The molecule has 1 unspecified atom stereocenters. The summed E-state index contributed by atoms with van der Waals surface area (Å²) in [6.45, 7) is 0. The van der Waals surface area contributed by atoms with Crippen molar-refractivity contribution in [3.05, 3.63) is 53.4 Å². The maximum Gasteiger partial charge on any atom is 0.313 e. The number of aromatic hydroxyl groups is 2. The maximum absolute atomic E-state index is 13.9. The number of nitrogens with two attached hydrogens (primary N) is 1. The van der Waals surface area contributed by atoms with E-state index in [9.17, 15) is 24.8 Å². The van der Waals surface area contributed by atoms with Crippen molar-refractivity contribution in [1.29, 1.82) is 0 Å². The Bertz CT molecular complexity index is 916. The van der Waals surface area contributed by atoms with E-state index in [1.165, 1.54) is 18.2 Å². The second-order valence-electron chi connectivity index (χ2n) is 5.41. The minimum Gasteiger partial charge on any atom is -0.512 e. The number of aromatic nitrogens is 2. The van der Waals surface area contributed by atoms with Gasteiger partial charge in [0.25, 0.3) is 0 Å². The van der Waals surface area contributed by atoms with Crippen LogP contribution in [0.5, 0.6) is 11.5 Å². The first-order chi connectivity index (χ1) is 11.8. The lowest BCUT2D eigenvalue weighted by Crippen LogP contribution is -2.08. The fraction of sp³-hybridized carbons (Fsp3) is 0.125. The van der Waals surface area contributed by atoms with Crippen LogP contribution in [0, 0.1) is 11.7 Å². The number of allylic oxidation sites excluding steroid dienone is 5. The normalized spacial score (nSPS) is 18.0. The molecule has 6 N–H and O–H groups in total. The molecule has 0 fully saturated rings. The zero-order valence-electron chi connectivity index (χ0n) is 12.7. The SMILES string of the molecule is Nc1nnc(C2=CC=C(O)CC2/C=C(\O)c2cc(O)c(O)cc2F)o1. The van der Waals surface area contributed by atoms with Crippen LogP contribution in [-0.4, -0.2) is 30.6 Å². The first-order valence-electron chi connectivity index (χ1n) is 7.17. The van der Waals surface area contributed by atoms with Crippen molar-refractivity contribution in [2.45, 2.75) is 6.42 Å². The fourth-order valence-electron chi connectivity index (χ4n) is 2.47. The van der Waals surface area contributed by atoms with Crippen molar-refractivity contribution in [2.24, 2.45) is 5.92 Å². The molecule has 0 aliphatic heterocycles. The van der Waals surface area contributed by atoms with E-state index in [1.807, 2.05) is 0 Å². The molecule has 1 aromatic heterocycles. The van der Waals surface area contributed by atoms with Crippen LogP contribution in [-0.2, 0) is 0 Å². The highest BCUT2D eigenvalue weighted by molar-refractivity contribution is 5.71. The van der Waals surface area contributed by atoms with Crippen LogP contribution >= 0.6 is 0 Å². The molecule has 0 radical (unpaired) electrons. The number of aliphatic hydroxyl groups is 2. The molecule has 130 valence electrons. The maximum atomic E-state index is 13.9. The lowest BCUT2D eigenvalue weighted by molar-refractivity contribution is 0.375. The summed E-state index contributed by atoms with van der Waals surface area (Å²) >= 11 is 0. The Morgan fingerprint density at radius 1 is 1.20 bits per heavy atom. The molecule has 0 saturated heterocycles. The van der Waals surface area contributed by atoms with E-state index in [4.69, 9.17) is 10.2 Å². The van der Waals surface area contributed by atoms with Gasteiger partial charge in [-0.3, -0.25) is 0 Å². The third kappa shape index (κ3) is 3.25. The molecule has 0 saturated carbocycles. The van der Waals surface area contributed by atoms with Gasteiger partial charge in [0.1, 0.15) is 11.6 Å². The standard InChI is InChI=1S/C16H14FN3O5/c17-11-6-14(24)13(23)5-10(11)12(22)4-7-3-8(21)1-2-9(7)15-19-20-16(18)25-15/h1-2,4-7,21-24H,3H2,(H2,18,20)/b12-4-. The van der Waals surface area contributed by atoms with Crippen molar-refractivity contribution in [2.75, 3.05) is 5.73 Å². The monoisotopic (exact) mass is 347 g/mol. The Hall–Kier alpha value is -3.49. The van der Waals surface area contributed by atoms with Crippen molar-refractivity contribution < 1.29 is 29.2 Å². The van der Waals surface area contributed by atoms with Crippen molar-refractivity contribution >= 4 is 17.3 Å². The van der Waals surface area contributed by atoms with Crippen LogP contribution in [0.15, 0.2) is 40.5 Å². The average Bonchev–Trinajstić information content (AvgIpc) is 2.97. The van der Waals surface area contributed by atoms with E-state index in [1.54, 1.807) is 0 Å². The van der Waals surface area contributed by atoms with Gasteiger partial charge in [0.15, 0.2) is 11.5 Å². The molecule has 1 aliphatic carbocycles. The minimum atomic E-state index is -0.924. The summed E-state index contributed by atoms with van der Waals surface area (Å²) < 4.78 is 19.1. The quantitative estimate of drug-likeness (QED) is 0.421. The van der Waals surface area contributed by atoms with Crippen LogP contribution in [0.1, 0.15) is 17.9 Å². The highest BCUT2D eigenvalue weighted by Gasteiger charge is 2.24. The number of hydrogen-bond donors (Lipinski definition) is 5. The van der Waals surface area contributed by atoms with E-state index >= 15 is 0 Å². The number of anilines is 1. The largest absolute Gasteiger partial charge is 0.512 e. The number of nitrogens with zero attached hydrogens (tertiary/aromatic N) is 2. The molecule has 1 atom stereocenters. The predicted molar refractivity (Wildman–Crippen MR) is 85.8 cm³/mol. The first kappa shape index (κ1) is 16.4. The molecule has 0 bridgehead atoms. The molecule has 1 aromatic carbocycles. The summed E-state index contributed by atoms with van der Waals surface area (Å²) in [7, 11) is 0. The van der Waals surface area contributed by atoms with Crippen LogP contribution in [0.4, 0.5) is 10.4 Å². The Kier molecular flexibility index (Phi) is 4.05. The summed E-state index contributed by atoms with van der Waals surface area (Å²) in [6, 6.07) is 1.43. The third-order valence-corrected chi connectivity index (χ3v) is 3.67. The van der Waals surface area contributed by atoms with Crippen LogP contribution in [0.2, 0.25) is 0 Å². The number of rotatable bonds is 3. The van der Waals surface area contributed by atoms with E-state index < -0.39 is 29.0 Å². The summed E-state index contributed by atoms with van der Waals surface area (Å²) in [5.41, 5.74) is 5.56. The zero-order valence-corrected chi connectivity index (χ0v) is 12.7. The van der Waals surface area contributed by atoms with Gasteiger partial charge in [-0.25, -0.2) is 4.39 Å². The van der Waals surface area contributed by atoms with E-state index in [0.29, 0.717) is 11.6 Å². The van der Waals surface area contributed by atoms with Gasteiger partial charge in [-0.15, -0.1) is 5.10 Å². The molecule has 9 heteroatoms. The molecular formula is C16H14FN3O5. The Morgan fingerprint density at radius 2 is 1.92 bits per heavy atom.